The summed E-state index contributed by atoms with van der Waals surface area (Å²) in [6.45, 7) is 6.83. The highest BCUT2D eigenvalue weighted by Crippen LogP contribution is 2.36. The minimum atomic E-state index is -0.376. The molecule has 1 aliphatic rings. The Morgan fingerprint density at radius 1 is 1.18 bits per heavy atom. The summed E-state index contributed by atoms with van der Waals surface area (Å²) in [6.07, 6.45) is 2.30. The molecule has 0 bridgehead atoms. The Kier molecular flexibility index (Phi) is 5.92. The van der Waals surface area contributed by atoms with Crippen molar-refractivity contribution < 1.29 is 13.9 Å². The van der Waals surface area contributed by atoms with Crippen molar-refractivity contribution in [3.63, 3.8) is 0 Å². The van der Waals surface area contributed by atoms with E-state index >= 15 is 0 Å². The second-order valence-corrected chi connectivity index (χ2v) is 8.61. The fourth-order valence-corrected chi connectivity index (χ4v) is 4.79. The van der Waals surface area contributed by atoms with Crippen LogP contribution in [0.2, 0.25) is 0 Å². The van der Waals surface area contributed by atoms with Crippen LogP contribution in [-0.4, -0.2) is 21.4 Å². The topological polar surface area (TPSA) is 79.4 Å². The summed E-state index contributed by atoms with van der Waals surface area (Å²) in [7, 11) is 0. The third-order valence-electron chi connectivity index (χ3n) is 5.51. The van der Waals surface area contributed by atoms with Crippen molar-refractivity contribution in [2.24, 2.45) is 0 Å². The lowest BCUT2D eigenvalue weighted by Crippen LogP contribution is -2.25. The van der Waals surface area contributed by atoms with Crippen LogP contribution < -0.4 is 15.1 Å². The number of ether oxygens (including phenoxy) is 2. The molecule has 8 heteroatoms. The lowest BCUT2D eigenvalue weighted by Gasteiger charge is -2.26. The van der Waals surface area contributed by atoms with E-state index in [2.05, 4.69) is 29.8 Å². The largest absolute Gasteiger partial charge is 0.485 e. The highest BCUT2D eigenvalue weighted by molar-refractivity contribution is 7.98. The van der Waals surface area contributed by atoms with Gasteiger partial charge >= 0.3 is 5.63 Å². The van der Waals surface area contributed by atoms with E-state index < -0.39 is 0 Å². The average molecular weight is 462 g/mol. The number of nitrogens with zero attached hydrogens (tertiary/aromatic N) is 3. The Labute approximate surface area is 195 Å². The number of aryl methyl sites for hydroxylation is 1. The fourth-order valence-electron chi connectivity index (χ4n) is 3.85. The highest BCUT2D eigenvalue weighted by atomic mass is 32.2. The van der Waals surface area contributed by atoms with Crippen LogP contribution in [0.5, 0.6) is 11.5 Å². The molecular formula is C25H23N3O4S. The lowest BCUT2D eigenvalue weighted by atomic mass is 10.1. The van der Waals surface area contributed by atoms with Gasteiger partial charge in [0.1, 0.15) is 12.2 Å². The predicted molar refractivity (Wildman–Crippen MR) is 127 cm³/mol. The maximum atomic E-state index is 12.1. The number of fused-ring (bicyclic) bond motifs is 2. The Morgan fingerprint density at radius 2 is 2.03 bits per heavy atom. The van der Waals surface area contributed by atoms with Gasteiger partial charge in [0.05, 0.1) is 0 Å². The predicted octanol–water partition coefficient (Wildman–Crippen LogP) is 4.94. The second kappa shape index (κ2) is 9.15. The number of rotatable bonds is 7. The molecule has 2 aromatic carbocycles. The summed E-state index contributed by atoms with van der Waals surface area (Å²) in [5.41, 5.74) is 2.28. The van der Waals surface area contributed by atoms with E-state index in [1.54, 1.807) is 12.1 Å². The number of para-hydroxylation sites is 2. The van der Waals surface area contributed by atoms with E-state index in [1.807, 2.05) is 41.0 Å². The van der Waals surface area contributed by atoms with Crippen molar-refractivity contribution >= 4 is 22.7 Å². The molecule has 0 saturated heterocycles. The van der Waals surface area contributed by atoms with Crippen molar-refractivity contribution in [1.29, 1.82) is 0 Å². The zero-order chi connectivity index (χ0) is 22.8. The van der Waals surface area contributed by atoms with Crippen LogP contribution in [0.4, 0.5) is 0 Å². The van der Waals surface area contributed by atoms with Crippen LogP contribution in [0, 0.1) is 0 Å². The average Bonchev–Trinajstić information content (AvgIpc) is 3.24. The Morgan fingerprint density at radius 3 is 2.85 bits per heavy atom. The summed E-state index contributed by atoms with van der Waals surface area (Å²) in [4.78, 5) is 12.1. The maximum absolute atomic E-state index is 12.1. The van der Waals surface area contributed by atoms with Crippen molar-refractivity contribution in [2.45, 2.75) is 36.9 Å². The SMILES string of the molecule is C=CCn1c(SCc2cc(=O)oc3cc(CC)ccc23)nnc1C1COc2ccccc2O1. The standard InChI is InChI=1S/C25H23N3O4S/c1-3-11-28-24(22-14-30-19-7-5-6-8-20(19)31-22)26-27-25(28)33-15-17-13-23(29)32-21-12-16(4-2)9-10-18(17)21/h3,5-10,12-13,22H,1,4,11,14-15H2,2H3. The van der Waals surface area contributed by atoms with Gasteiger partial charge in [0.2, 0.25) is 0 Å². The Bertz CT molecular complexity index is 1380. The molecule has 0 amide bonds. The molecule has 33 heavy (non-hydrogen) atoms. The van der Waals surface area contributed by atoms with E-state index in [0.717, 1.165) is 33.8 Å². The van der Waals surface area contributed by atoms with Gasteiger partial charge in [-0.1, -0.05) is 49.0 Å². The summed E-state index contributed by atoms with van der Waals surface area (Å²) >= 11 is 1.51. The first-order valence-corrected chi connectivity index (χ1v) is 11.8. The van der Waals surface area contributed by atoms with Gasteiger partial charge in [0, 0.05) is 23.8 Å². The van der Waals surface area contributed by atoms with Crippen molar-refractivity contribution in [2.75, 3.05) is 6.61 Å². The summed E-state index contributed by atoms with van der Waals surface area (Å²) in [5.74, 6) is 2.63. The van der Waals surface area contributed by atoms with Gasteiger partial charge < -0.3 is 13.9 Å². The monoisotopic (exact) mass is 461 g/mol. The van der Waals surface area contributed by atoms with Crippen LogP contribution >= 0.6 is 11.8 Å². The van der Waals surface area contributed by atoms with Crippen LogP contribution in [0.15, 0.2) is 75.6 Å². The number of hydrogen-bond acceptors (Lipinski definition) is 7. The number of benzene rings is 2. The molecule has 1 unspecified atom stereocenters. The van der Waals surface area contributed by atoms with Crippen molar-refractivity contribution in [1.82, 2.24) is 14.8 Å². The molecule has 0 fully saturated rings. The van der Waals surface area contributed by atoms with Gasteiger partial charge in [-0.2, -0.15) is 0 Å². The van der Waals surface area contributed by atoms with Crippen molar-refractivity contribution in [3.05, 3.63) is 88.6 Å². The summed E-state index contributed by atoms with van der Waals surface area (Å²) in [5, 5.41) is 10.5. The first-order chi connectivity index (χ1) is 16.2. The quantitative estimate of drug-likeness (QED) is 0.219. The third-order valence-corrected chi connectivity index (χ3v) is 6.53. The van der Waals surface area contributed by atoms with Gasteiger partial charge in [-0.3, -0.25) is 4.57 Å². The van der Waals surface area contributed by atoms with Gasteiger partial charge in [-0.05, 0) is 35.7 Å². The second-order valence-electron chi connectivity index (χ2n) is 7.67. The maximum Gasteiger partial charge on any atom is 0.336 e. The van der Waals surface area contributed by atoms with Gasteiger partial charge in [0.15, 0.2) is 28.6 Å². The van der Waals surface area contributed by atoms with Gasteiger partial charge in [-0.15, -0.1) is 16.8 Å². The highest BCUT2D eigenvalue weighted by Gasteiger charge is 2.28. The number of hydrogen-bond donors (Lipinski definition) is 0. The summed E-state index contributed by atoms with van der Waals surface area (Å²) in [6, 6.07) is 15.1. The third kappa shape index (κ3) is 4.26. The molecule has 1 aliphatic heterocycles. The zero-order valence-electron chi connectivity index (χ0n) is 18.2. The van der Waals surface area contributed by atoms with E-state index in [-0.39, 0.29) is 11.7 Å². The van der Waals surface area contributed by atoms with Crippen LogP contribution in [0.1, 0.15) is 30.0 Å². The van der Waals surface area contributed by atoms with Crippen LogP contribution in [0.25, 0.3) is 11.0 Å². The molecule has 0 saturated carbocycles. The Hall–Kier alpha value is -3.52. The van der Waals surface area contributed by atoms with E-state index in [0.29, 0.717) is 36.1 Å². The molecule has 0 N–H and O–H groups in total. The molecule has 0 aliphatic carbocycles. The molecule has 3 heterocycles. The van der Waals surface area contributed by atoms with E-state index in [4.69, 9.17) is 13.9 Å². The first-order valence-electron chi connectivity index (χ1n) is 10.8. The number of thioether (sulfide) groups is 1. The molecule has 2 aromatic heterocycles. The molecule has 168 valence electrons. The summed E-state index contributed by atoms with van der Waals surface area (Å²) < 4.78 is 19.4. The van der Waals surface area contributed by atoms with E-state index in [1.165, 1.54) is 11.8 Å². The molecule has 1 atom stereocenters. The molecule has 7 nitrogen and oxygen atoms in total. The van der Waals surface area contributed by atoms with Crippen LogP contribution in [0.3, 0.4) is 0 Å². The minimum Gasteiger partial charge on any atom is -0.485 e. The first kappa shape index (κ1) is 21.3. The number of aromatic nitrogens is 3. The molecule has 0 radical (unpaired) electrons. The fraction of sp³-hybridized carbons (Fsp3) is 0.240. The minimum absolute atomic E-state index is 0.348. The Balaban J connectivity index is 1.42. The van der Waals surface area contributed by atoms with E-state index in [9.17, 15) is 4.79 Å². The van der Waals surface area contributed by atoms with Gasteiger partial charge in [-0.25, -0.2) is 4.79 Å². The zero-order valence-corrected chi connectivity index (χ0v) is 19.0. The normalized spacial score (nSPS) is 15.0. The molecular weight excluding hydrogens is 438 g/mol. The smallest absolute Gasteiger partial charge is 0.336 e. The molecule has 0 spiro atoms. The number of allylic oxidation sites excluding steroid dienone is 1. The molecule has 5 rings (SSSR count). The molecule has 4 aromatic rings. The lowest BCUT2D eigenvalue weighted by molar-refractivity contribution is 0.0821. The van der Waals surface area contributed by atoms with Crippen molar-refractivity contribution in [3.8, 4) is 11.5 Å². The van der Waals surface area contributed by atoms with Crippen LogP contribution in [-0.2, 0) is 18.7 Å². The van der Waals surface area contributed by atoms with Gasteiger partial charge in [0.25, 0.3) is 0 Å².